The zero-order valence-electron chi connectivity index (χ0n) is 19.6. The third-order valence-electron chi connectivity index (χ3n) is 5.83. The Morgan fingerprint density at radius 1 is 1.08 bits per heavy atom. The van der Waals surface area contributed by atoms with Crippen molar-refractivity contribution in [1.82, 2.24) is 9.66 Å². The van der Waals surface area contributed by atoms with Crippen LogP contribution in [-0.4, -0.2) is 20.8 Å². The summed E-state index contributed by atoms with van der Waals surface area (Å²) in [6, 6.07) is 20.7. The van der Waals surface area contributed by atoms with E-state index in [1.165, 1.54) is 29.0 Å². The van der Waals surface area contributed by atoms with Crippen LogP contribution in [0.1, 0.15) is 30.9 Å². The number of rotatable bonds is 6. The molecule has 0 amide bonds. The highest BCUT2D eigenvalue weighted by molar-refractivity contribution is 9.10. The third kappa shape index (κ3) is 4.93. The predicted molar refractivity (Wildman–Crippen MR) is 149 cm³/mol. The summed E-state index contributed by atoms with van der Waals surface area (Å²) >= 11 is 5.00. The Bertz CT molecular complexity index is 1640. The maximum Gasteiger partial charge on any atom is 0.269 e. The van der Waals surface area contributed by atoms with Gasteiger partial charge in [-0.3, -0.25) is 10.1 Å². The van der Waals surface area contributed by atoms with Crippen molar-refractivity contribution < 1.29 is 4.92 Å². The lowest BCUT2D eigenvalue weighted by Gasteiger charge is -2.05. The van der Waals surface area contributed by atoms with Crippen molar-refractivity contribution in [1.29, 1.82) is 0 Å². The molecule has 36 heavy (non-hydrogen) atoms. The molecule has 3 aromatic carbocycles. The molecule has 0 bridgehead atoms. The molecular formula is C27H22BrN5O2S. The summed E-state index contributed by atoms with van der Waals surface area (Å²) in [5.41, 5.74) is 5.69. The summed E-state index contributed by atoms with van der Waals surface area (Å²) in [5, 5.41) is 18.9. The monoisotopic (exact) mass is 559 g/mol. The van der Waals surface area contributed by atoms with Gasteiger partial charge in [0.1, 0.15) is 0 Å². The molecule has 0 aliphatic carbocycles. The number of nitro benzene ring substituents is 1. The number of hydrogen-bond acceptors (Lipinski definition) is 5. The van der Waals surface area contributed by atoms with Crippen LogP contribution in [0.15, 0.2) is 92.9 Å². The fourth-order valence-corrected chi connectivity index (χ4v) is 5.04. The van der Waals surface area contributed by atoms with Crippen molar-refractivity contribution in [2.75, 3.05) is 0 Å². The van der Waals surface area contributed by atoms with E-state index in [2.05, 4.69) is 46.9 Å². The summed E-state index contributed by atoms with van der Waals surface area (Å²) < 4.78 is 2.76. The molecule has 0 aliphatic rings. The van der Waals surface area contributed by atoms with Gasteiger partial charge in [-0.25, -0.2) is 9.67 Å². The second-order valence-electron chi connectivity index (χ2n) is 8.56. The molecule has 9 heteroatoms. The second-order valence-corrected chi connectivity index (χ2v) is 10.3. The second kappa shape index (κ2) is 10.0. The van der Waals surface area contributed by atoms with Gasteiger partial charge in [0, 0.05) is 50.2 Å². The van der Waals surface area contributed by atoms with Gasteiger partial charge in [-0.2, -0.15) is 5.10 Å². The first-order chi connectivity index (χ1) is 17.4. The number of H-pyrrole nitrogens is 1. The van der Waals surface area contributed by atoms with E-state index in [1.54, 1.807) is 23.0 Å². The van der Waals surface area contributed by atoms with Crippen LogP contribution in [-0.2, 0) is 0 Å². The Morgan fingerprint density at radius 2 is 1.83 bits per heavy atom. The molecule has 1 N–H and O–H groups in total. The van der Waals surface area contributed by atoms with Crippen LogP contribution in [0.25, 0.3) is 22.2 Å². The fourth-order valence-electron chi connectivity index (χ4n) is 3.83. The largest absolute Gasteiger partial charge is 0.361 e. The van der Waals surface area contributed by atoms with Gasteiger partial charge < -0.3 is 4.98 Å². The number of nitro groups is 1. The maximum atomic E-state index is 11.1. The van der Waals surface area contributed by atoms with E-state index in [1.807, 2.05) is 41.9 Å². The number of halogens is 1. The molecule has 5 aromatic rings. The van der Waals surface area contributed by atoms with E-state index in [0.717, 1.165) is 37.9 Å². The number of fused-ring (bicyclic) bond motifs is 1. The molecule has 0 atom stereocenters. The molecule has 0 radical (unpaired) electrons. The minimum atomic E-state index is -0.402. The lowest BCUT2D eigenvalue weighted by Crippen LogP contribution is -2.11. The van der Waals surface area contributed by atoms with E-state index >= 15 is 0 Å². The Balaban J connectivity index is 1.61. The molecule has 0 saturated heterocycles. The van der Waals surface area contributed by atoms with Crippen molar-refractivity contribution in [2.24, 2.45) is 10.1 Å². The first-order valence-electron chi connectivity index (χ1n) is 11.3. The summed E-state index contributed by atoms with van der Waals surface area (Å²) in [6.07, 6.45) is 3.72. The van der Waals surface area contributed by atoms with Crippen molar-refractivity contribution in [2.45, 2.75) is 19.8 Å². The number of benzene rings is 3. The van der Waals surface area contributed by atoms with Gasteiger partial charge in [0.05, 0.1) is 22.5 Å². The predicted octanol–water partition coefficient (Wildman–Crippen LogP) is 7.61. The minimum absolute atomic E-state index is 0.0450. The zero-order chi connectivity index (χ0) is 25.2. The number of nitrogens with zero attached hydrogens (tertiary/aromatic N) is 4. The Hall–Kier alpha value is -3.82. The highest BCUT2D eigenvalue weighted by Gasteiger charge is 2.11. The number of aromatic nitrogens is 2. The number of thiazole rings is 1. The Kier molecular flexibility index (Phi) is 6.67. The number of non-ortho nitro benzene ring substituents is 1. The van der Waals surface area contributed by atoms with Crippen LogP contribution in [0.3, 0.4) is 0 Å². The fraction of sp³-hybridized carbons (Fsp3) is 0.111. The van der Waals surface area contributed by atoms with Gasteiger partial charge in [-0.05, 0) is 53.9 Å². The van der Waals surface area contributed by atoms with Crippen LogP contribution in [0, 0.1) is 10.1 Å². The van der Waals surface area contributed by atoms with Gasteiger partial charge in [0.15, 0.2) is 0 Å². The van der Waals surface area contributed by atoms with Crippen LogP contribution in [0.4, 0.5) is 11.4 Å². The average Bonchev–Trinajstić information content (AvgIpc) is 3.46. The van der Waals surface area contributed by atoms with Crippen LogP contribution >= 0.6 is 27.3 Å². The third-order valence-corrected chi connectivity index (χ3v) is 7.14. The first kappa shape index (κ1) is 23.9. The summed E-state index contributed by atoms with van der Waals surface area (Å²) in [4.78, 5) is 19.5. The summed E-state index contributed by atoms with van der Waals surface area (Å²) in [6.45, 7) is 4.32. The van der Waals surface area contributed by atoms with E-state index in [4.69, 9.17) is 10.1 Å². The standard InChI is InChI=1S/C27H22BrN5O2S/c1-17(2)18-3-8-22(9-4-18)31-27-32(26(16-36-27)19-5-10-23(11-6-19)33(34)35)30-15-20-14-29-25-12-7-21(28)13-24(20)25/h3-17,29H,1-2H3. The number of hydrogen-bond donors (Lipinski definition) is 1. The molecule has 180 valence electrons. The molecule has 0 spiro atoms. The Morgan fingerprint density at radius 3 is 2.53 bits per heavy atom. The Labute approximate surface area is 219 Å². The molecule has 0 unspecified atom stereocenters. The van der Waals surface area contributed by atoms with Gasteiger partial charge in [0.25, 0.3) is 5.69 Å². The molecule has 2 heterocycles. The van der Waals surface area contributed by atoms with Crippen molar-refractivity contribution in [3.63, 3.8) is 0 Å². The van der Waals surface area contributed by atoms with E-state index in [-0.39, 0.29) is 5.69 Å². The molecule has 5 rings (SSSR count). The molecule has 0 aliphatic heterocycles. The lowest BCUT2D eigenvalue weighted by molar-refractivity contribution is -0.384. The first-order valence-corrected chi connectivity index (χ1v) is 13.0. The topological polar surface area (TPSA) is 88.6 Å². The summed E-state index contributed by atoms with van der Waals surface area (Å²) in [7, 11) is 0. The van der Waals surface area contributed by atoms with Gasteiger partial charge in [-0.1, -0.05) is 41.9 Å². The highest BCUT2D eigenvalue weighted by atomic mass is 79.9. The SMILES string of the molecule is CC(C)c1ccc(N=c2scc(-c3ccc([N+](=O)[O-])cc3)n2N=Cc2c[nH]c3ccc(Br)cc23)cc1. The molecule has 0 fully saturated rings. The van der Waals surface area contributed by atoms with Gasteiger partial charge in [-0.15, -0.1) is 11.3 Å². The zero-order valence-corrected chi connectivity index (χ0v) is 22.0. The van der Waals surface area contributed by atoms with Crippen molar-refractivity contribution >= 4 is 55.8 Å². The molecule has 2 aromatic heterocycles. The van der Waals surface area contributed by atoms with Crippen LogP contribution in [0.2, 0.25) is 0 Å². The van der Waals surface area contributed by atoms with E-state index in [9.17, 15) is 10.1 Å². The molecule has 7 nitrogen and oxygen atoms in total. The van der Waals surface area contributed by atoms with E-state index < -0.39 is 4.92 Å². The summed E-state index contributed by atoms with van der Waals surface area (Å²) in [5.74, 6) is 0.445. The van der Waals surface area contributed by atoms with Gasteiger partial charge in [0.2, 0.25) is 4.80 Å². The lowest BCUT2D eigenvalue weighted by atomic mass is 10.0. The minimum Gasteiger partial charge on any atom is -0.361 e. The van der Waals surface area contributed by atoms with Crippen molar-refractivity contribution in [3.8, 4) is 11.3 Å². The molecule has 0 saturated carbocycles. The van der Waals surface area contributed by atoms with E-state index in [0.29, 0.717) is 10.7 Å². The quantitative estimate of drug-likeness (QED) is 0.132. The van der Waals surface area contributed by atoms with Gasteiger partial charge >= 0.3 is 0 Å². The van der Waals surface area contributed by atoms with Crippen LogP contribution < -0.4 is 4.80 Å². The average molecular weight is 560 g/mol. The molecular weight excluding hydrogens is 538 g/mol. The highest BCUT2D eigenvalue weighted by Crippen LogP contribution is 2.25. The normalized spacial score (nSPS) is 12.3. The maximum absolute atomic E-state index is 11.1. The number of nitrogens with one attached hydrogen (secondary N) is 1. The number of aromatic amines is 1. The van der Waals surface area contributed by atoms with Crippen molar-refractivity contribution in [3.05, 3.63) is 109 Å². The smallest absolute Gasteiger partial charge is 0.269 e. The van der Waals surface area contributed by atoms with Crippen LogP contribution in [0.5, 0.6) is 0 Å².